The number of nitrogens with zero attached hydrogens (tertiary/aromatic N) is 1. The molecule has 0 saturated heterocycles. The van der Waals surface area contributed by atoms with Crippen LogP contribution in [0, 0.1) is 10.5 Å². The fraction of sp³-hybridized carbons (Fsp3) is 0.100. The number of aryl methyl sites for hydroxylation is 1. The Morgan fingerprint density at radius 3 is 2.73 bits per heavy atom. The van der Waals surface area contributed by atoms with Crippen molar-refractivity contribution in [3.8, 4) is 11.3 Å². The average molecular weight is 378 g/mol. The van der Waals surface area contributed by atoms with Gasteiger partial charge in [0.05, 0.1) is 9.26 Å². The van der Waals surface area contributed by atoms with Crippen LogP contribution >= 0.6 is 38.5 Å². The number of benzene rings is 1. The molecule has 0 saturated carbocycles. The Labute approximate surface area is 110 Å². The lowest BCUT2D eigenvalue weighted by Gasteiger charge is -2.02. The normalized spacial score (nSPS) is 10.6. The number of aromatic amines is 1. The van der Waals surface area contributed by atoms with Crippen molar-refractivity contribution >= 4 is 44.3 Å². The summed E-state index contributed by atoms with van der Waals surface area (Å²) in [5, 5.41) is 6.92. The van der Waals surface area contributed by atoms with Gasteiger partial charge in [0.2, 0.25) is 0 Å². The zero-order valence-electron chi connectivity index (χ0n) is 8.01. The van der Waals surface area contributed by atoms with Gasteiger partial charge in [0, 0.05) is 10.0 Å². The Hall–Kier alpha value is -0.560. The van der Waals surface area contributed by atoms with Crippen molar-refractivity contribution < 1.29 is 0 Å². The highest BCUT2D eigenvalue weighted by Gasteiger charge is 2.10. The van der Waals surface area contributed by atoms with Crippen LogP contribution < -0.4 is 5.73 Å². The number of halogens is 2. The molecule has 1 aromatic carbocycles. The molecule has 0 bridgehead atoms. The zero-order chi connectivity index (χ0) is 11.0. The minimum Gasteiger partial charge on any atom is -0.381 e. The van der Waals surface area contributed by atoms with Crippen molar-refractivity contribution in [2.45, 2.75) is 6.92 Å². The quantitative estimate of drug-likeness (QED) is 0.749. The van der Waals surface area contributed by atoms with Crippen LogP contribution in [0.4, 0.5) is 5.82 Å². The molecule has 5 heteroatoms. The maximum Gasteiger partial charge on any atom is 0.159 e. The Kier molecular flexibility index (Phi) is 3.01. The molecule has 3 N–H and O–H groups in total. The maximum absolute atomic E-state index is 5.69. The van der Waals surface area contributed by atoms with Gasteiger partial charge in [-0.3, -0.25) is 5.10 Å². The first-order valence-electron chi connectivity index (χ1n) is 4.35. The van der Waals surface area contributed by atoms with Gasteiger partial charge in [-0.2, -0.15) is 5.10 Å². The first-order chi connectivity index (χ1) is 7.09. The first-order valence-corrected chi connectivity index (χ1v) is 6.22. The second-order valence-corrected chi connectivity index (χ2v) is 5.19. The van der Waals surface area contributed by atoms with Crippen LogP contribution in [0.5, 0.6) is 0 Å². The molecule has 1 aromatic heterocycles. The Morgan fingerprint density at radius 1 is 1.47 bits per heavy atom. The highest BCUT2D eigenvalue weighted by atomic mass is 127. The van der Waals surface area contributed by atoms with Gasteiger partial charge in [-0.25, -0.2) is 0 Å². The summed E-state index contributed by atoms with van der Waals surface area (Å²) < 4.78 is 2.07. The summed E-state index contributed by atoms with van der Waals surface area (Å²) in [6, 6.07) is 6.16. The fourth-order valence-electron chi connectivity index (χ4n) is 1.33. The third-order valence-corrected chi connectivity index (χ3v) is 4.16. The number of hydrogen-bond donors (Lipinski definition) is 2. The van der Waals surface area contributed by atoms with Crippen LogP contribution in [0.15, 0.2) is 22.7 Å². The van der Waals surface area contributed by atoms with Gasteiger partial charge in [0.15, 0.2) is 5.82 Å². The van der Waals surface area contributed by atoms with E-state index in [-0.39, 0.29) is 0 Å². The zero-order valence-corrected chi connectivity index (χ0v) is 11.8. The number of aromatic nitrogens is 2. The van der Waals surface area contributed by atoms with E-state index in [0.717, 1.165) is 19.3 Å². The Balaban J connectivity index is 2.55. The van der Waals surface area contributed by atoms with E-state index in [1.165, 1.54) is 5.56 Å². The van der Waals surface area contributed by atoms with Gasteiger partial charge in [0.25, 0.3) is 0 Å². The number of hydrogen-bond acceptors (Lipinski definition) is 2. The van der Waals surface area contributed by atoms with E-state index >= 15 is 0 Å². The van der Waals surface area contributed by atoms with E-state index in [2.05, 4.69) is 61.7 Å². The third kappa shape index (κ3) is 2.03. The predicted molar refractivity (Wildman–Crippen MR) is 73.6 cm³/mol. The number of anilines is 1. The van der Waals surface area contributed by atoms with Crippen molar-refractivity contribution in [1.82, 2.24) is 10.2 Å². The number of H-pyrrole nitrogens is 1. The monoisotopic (exact) mass is 377 g/mol. The van der Waals surface area contributed by atoms with E-state index in [1.807, 2.05) is 12.1 Å². The number of nitrogen functional groups attached to an aromatic ring is 1. The summed E-state index contributed by atoms with van der Waals surface area (Å²) in [4.78, 5) is 0. The summed E-state index contributed by atoms with van der Waals surface area (Å²) in [5.74, 6) is 0.547. The minimum absolute atomic E-state index is 0.547. The highest BCUT2D eigenvalue weighted by Crippen LogP contribution is 2.29. The summed E-state index contributed by atoms with van der Waals surface area (Å²) in [5.41, 5.74) is 8.95. The lowest BCUT2D eigenvalue weighted by Crippen LogP contribution is -1.86. The topological polar surface area (TPSA) is 54.7 Å². The van der Waals surface area contributed by atoms with Crippen molar-refractivity contribution in [2.24, 2.45) is 0 Å². The molecule has 15 heavy (non-hydrogen) atoms. The molecule has 0 atom stereocenters. The Morgan fingerprint density at radius 2 is 2.20 bits per heavy atom. The second-order valence-electron chi connectivity index (χ2n) is 3.26. The van der Waals surface area contributed by atoms with Crippen LogP contribution in [-0.2, 0) is 0 Å². The molecule has 0 spiro atoms. The third-order valence-electron chi connectivity index (χ3n) is 2.18. The average Bonchev–Trinajstić information content (AvgIpc) is 2.53. The molecular weight excluding hydrogens is 369 g/mol. The Bertz CT molecular complexity index is 507. The van der Waals surface area contributed by atoms with E-state index in [0.29, 0.717) is 5.82 Å². The SMILES string of the molecule is Cc1cc(-c2[nH]nc(N)c2I)ccc1Br. The smallest absolute Gasteiger partial charge is 0.159 e. The van der Waals surface area contributed by atoms with Crippen LogP contribution in [0.3, 0.4) is 0 Å². The van der Waals surface area contributed by atoms with Crippen molar-refractivity contribution in [1.29, 1.82) is 0 Å². The van der Waals surface area contributed by atoms with Gasteiger partial charge in [-0.1, -0.05) is 22.0 Å². The maximum atomic E-state index is 5.69. The lowest BCUT2D eigenvalue weighted by atomic mass is 10.1. The molecular formula is C10H9BrIN3. The largest absolute Gasteiger partial charge is 0.381 e. The molecule has 0 radical (unpaired) electrons. The molecule has 1 heterocycles. The van der Waals surface area contributed by atoms with E-state index in [4.69, 9.17) is 5.73 Å². The summed E-state index contributed by atoms with van der Waals surface area (Å²) in [7, 11) is 0. The van der Waals surface area contributed by atoms with Gasteiger partial charge < -0.3 is 5.73 Å². The molecule has 0 unspecified atom stereocenters. The predicted octanol–water partition coefficient (Wildman–Crippen LogP) is 3.33. The molecule has 0 aliphatic heterocycles. The van der Waals surface area contributed by atoms with Gasteiger partial charge in [-0.15, -0.1) is 0 Å². The molecule has 3 nitrogen and oxygen atoms in total. The number of rotatable bonds is 1. The van der Waals surface area contributed by atoms with Crippen LogP contribution in [0.1, 0.15) is 5.56 Å². The fourth-order valence-corrected chi connectivity index (χ4v) is 2.13. The van der Waals surface area contributed by atoms with Crippen LogP contribution in [-0.4, -0.2) is 10.2 Å². The van der Waals surface area contributed by atoms with Crippen molar-refractivity contribution in [3.63, 3.8) is 0 Å². The first kappa shape index (κ1) is 10.9. The standard InChI is InChI=1S/C10H9BrIN3/c1-5-4-6(2-3-7(5)11)9-8(12)10(13)15-14-9/h2-4H,1H3,(H3,13,14,15). The van der Waals surface area contributed by atoms with Gasteiger partial charge >= 0.3 is 0 Å². The van der Waals surface area contributed by atoms with Crippen molar-refractivity contribution in [3.05, 3.63) is 31.8 Å². The summed E-state index contributed by atoms with van der Waals surface area (Å²) in [6.45, 7) is 2.06. The minimum atomic E-state index is 0.547. The molecule has 0 aliphatic carbocycles. The molecule has 0 aliphatic rings. The highest BCUT2D eigenvalue weighted by molar-refractivity contribution is 14.1. The van der Waals surface area contributed by atoms with Gasteiger partial charge in [-0.05, 0) is 47.2 Å². The molecule has 0 amide bonds. The van der Waals surface area contributed by atoms with E-state index in [1.54, 1.807) is 0 Å². The molecule has 2 rings (SSSR count). The molecule has 0 fully saturated rings. The van der Waals surface area contributed by atoms with E-state index < -0.39 is 0 Å². The summed E-state index contributed by atoms with van der Waals surface area (Å²) in [6.07, 6.45) is 0. The van der Waals surface area contributed by atoms with Crippen LogP contribution in [0.25, 0.3) is 11.3 Å². The van der Waals surface area contributed by atoms with Gasteiger partial charge in [0.1, 0.15) is 0 Å². The van der Waals surface area contributed by atoms with E-state index in [9.17, 15) is 0 Å². The second kappa shape index (κ2) is 4.13. The number of nitrogens with two attached hydrogens (primary N) is 1. The van der Waals surface area contributed by atoms with Crippen LogP contribution in [0.2, 0.25) is 0 Å². The number of nitrogens with one attached hydrogen (secondary N) is 1. The molecule has 2 aromatic rings. The lowest BCUT2D eigenvalue weighted by molar-refractivity contribution is 1.10. The molecule has 78 valence electrons. The summed E-state index contributed by atoms with van der Waals surface area (Å²) >= 11 is 5.67. The van der Waals surface area contributed by atoms with Crippen molar-refractivity contribution in [2.75, 3.05) is 5.73 Å².